The van der Waals surface area contributed by atoms with Gasteiger partial charge < -0.3 is 15.1 Å². The van der Waals surface area contributed by atoms with Crippen LogP contribution in [0.5, 0.6) is 0 Å². The van der Waals surface area contributed by atoms with Gasteiger partial charge in [0, 0.05) is 50.2 Å². The highest BCUT2D eigenvalue weighted by Gasteiger charge is 2.38. The fraction of sp³-hybridized carbons (Fsp3) is 0.500. The molecule has 3 aliphatic heterocycles. The molecule has 2 aromatic carbocycles. The summed E-state index contributed by atoms with van der Waals surface area (Å²) in [6.07, 6.45) is 4.32. The number of alkyl halides is 2. The molecule has 0 amide bonds. The molecule has 1 N–H and O–H groups in total. The summed E-state index contributed by atoms with van der Waals surface area (Å²) in [6.45, 7) is 5.41. The van der Waals surface area contributed by atoms with E-state index < -0.39 is 16.9 Å². The average Bonchev–Trinajstić information content (AvgIpc) is 3.31. The minimum absolute atomic E-state index is 0.123. The van der Waals surface area contributed by atoms with Crippen LogP contribution in [0.15, 0.2) is 41.6 Å². The van der Waals surface area contributed by atoms with E-state index in [1.54, 1.807) is 11.2 Å². The lowest BCUT2D eigenvalue weighted by molar-refractivity contribution is 0.0257. The highest BCUT2D eigenvalue weighted by molar-refractivity contribution is 7.82. The monoisotopic (exact) mass is 540 g/mol. The quantitative estimate of drug-likeness (QED) is 0.527. The Hall–Kier alpha value is -2.69. The van der Waals surface area contributed by atoms with Gasteiger partial charge in [-0.25, -0.2) is 27.3 Å². The van der Waals surface area contributed by atoms with Crippen molar-refractivity contribution in [2.45, 2.75) is 56.0 Å². The van der Waals surface area contributed by atoms with Gasteiger partial charge in [-0.2, -0.15) is 0 Å². The molecule has 0 aliphatic carbocycles. The molecule has 0 spiro atoms. The molecule has 202 valence electrons. The Labute approximate surface area is 224 Å². The summed E-state index contributed by atoms with van der Waals surface area (Å²) in [6, 6.07) is 10.4. The number of benzene rings is 2. The molecule has 0 bridgehead atoms. The van der Waals surface area contributed by atoms with E-state index in [0.29, 0.717) is 19.1 Å². The molecule has 3 aliphatic rings. The summed E-state index contributed by atoms with van der Waals surface area (Å²) in [5.41, 5.74) is 5.00. The SMILES string of the molecule is Cc1cc(N2CCC(F)(F)C2)cc2c(N3CCc4ccc(S(=O)N(C)C5CCNCC5)cc4C3)ncnc12. The van der Waals surface area contributed by atoms with Crippen LogP contribution in [0, 0.1) is 6.92 Å². The van der Waals surface area contributed by atoms with Crippen molar-refractivity contribution in [2.75, 3.05) is 49.6 Å². The van der Waals surface area contributed by atoms with E-state index in [1.807, 2.05) is 36.5 Å². The van der Waals surface area contributed by atoms with Crippen molar-refractivity contribution in [3.63, 3.8) is 0 Å². The minimum atomic E-state index is -2.66. The Morgan fingerprint density at radius 1 is 1.08 bits per heavy atom. The first kappa shape index (κ1) is 25.6. The smallest absolute Gasteiger partial charge is 0.266 e. The number of rotatable bonds is 5. The predicted molar refractivity (Wildman–Crippen MR) is 147 cm³/mol. The Bertz CT molecular complexity index is 1380. The minimum Gasteiger partial charge on any atom is -0.365 e. The molecule has 3 aromatic rings. The molecule has 1 aromatic heterocycles. The first-order valence-corrected chi connectivity index (χ1v) is 14.5. The number of hydrogen-bond donors (Lipinski definition) is 1. The van der Waals surface area contributed by atoms with Crippen LogP contribution in [-0.4, -0.2) is 70.2 Å². The van der Waals surface area contributed by atoms with Gasteiger partial charge in [-0.1, -0.05) is 6.07 Å². The number of halogens is 2. The van der Waals surface area contributed by atoms with Crippen LogP contribution in [0.25, 0.3) is 10.9 Å². The van der Waals surface area contributed by atoms with E-state index in [9.17, 15) is 13.0 Å². The van der Waals surface area contributed by atoms with Crippen LogP contribution in [0.2, 0.25) is 0 Å². The summed E-state index contributed by atoms with van der Waals surface area (Å²) >= 11 is 0. The van der Waals surface area contributed by atoms with Crippen LogP contribution < -0.4 is 15.1 Å². The molecule has 1 unspecified atom stereocenters. The molecule has 0 radical (unpaired) electrons. The van der Waals surface area contributed by atoms with Crippen molar-refractivity contribution in [1.82, 2.24) is 19.6 Å². The fourth-order valence-electron chi connectivity index (χ4n) is 6.00. The van der Waals surface area contributed by atoms with E-state index in [2.05, 4.69) is 32.3 Å². The standard InChI is InChI=1S/C28H34F2N6OS/c1-19-13-23(36-12-8-28(29,30)17-36)15-25-26(19)32-18-33-27(25)35-11-7-20-3-4-24(14-21(20)16-35)38(37)34(2)22-5-9-31-10-6-22/h3-4,13-15,18,22,31H,5-12,16-17H2,1-2H3. The molecular weight excluding hydrogens is 506 g/mol. The summed E-state index contributed by atoms with van der Waals surface area (Å²) in [4.78, 5) is 14.0. The van der Waals surface area contributed by atoms with Gasteiger partial charge in [0.15, 0.2) is 0 Å². The van der Waals surface area contributed by atoms with E-state index in [-0.39, 0.29) is 13.0 Å². The van der Waals surface area contributed by atoms with Crippen molar-refractivity contribution in [3.8, 4) is 0 Å². The van der Waals surface area contributed by atoms with Crippen molar-refractivity contribution in [1.29, 1.82) is 0 Å². The topological polar surface area (TPSA) is 64.6 Å². The van der Waals surface area contributed by atoms with Crippen LogP contribution in [0.3, 0.4) is 0 Å². The van der Waals surface area contributed by atoms with Crippen LogP contribution in [0.4, 0.5) is 20.3 Å². The highest BCUT2D eigenvalue weighted by atomic mass is 32.2. The van der Waals surface area contributed by atoms with Gasteiger partial charge in [0.1, 0.15) is 23.1 Å². The lowest BCUT2D eigenvalue weighted by Crippen LogP contribution is -2.41. The molecule has 2 fully saturated rings. The number of nitrogens with one attached hydrogen (secondary N) is 1. The Kier molecular flexibility index (Phi) is 6.82. The van der Waals surface area contributed by atoms with Gasteiger partial charge in [0.05, 0.1) is 17.0 Å². The van der Waals surface area contributed by atoms with Crippen LogP contribution >= 0.6 is 0 Å². The number of aryl methyl sites for hydroxylation is 1. The number of fused-ring (bicyclic) bond motifs is 2. The first-order valence-electron chi connectivity index (χ1n) is 13.4. The third-order valence-corrected chi connectivity index (χ3v) is 9.68. The van der Waals surface area contributed by atoms with Gasteiger partial charge in [0.2, 0.25) is 0 Å². The third kappa shape index (κ3) is 4.89. The largest absolute Gasteiger partial charge is 0.365 e. The van der Waals surface area contributed by atoms with Gasteiger partial charge in [-0.3, -0.25) is 0 Å². The molecule has 2 saturated heterocycles. The summed E-state index contributed by atoms with van der Waals surface area (Å²) < 4.78 is 43.3. The Balaban J connectivity index is 1.29. The number of hydrogen-bond acceptors (Lipinski definition) is 6. The van der Waals surface area contributed by atoms with E-state index in [1.165, 1.54) is 5.56 Å². The average molecular weight is 541 g/mol. The first-order chi connectivity index (χ1) is 18.3. The highest BCUT2D eigenvalue weighted by Crippen LogP contribution is 2.36. The van der Waals surface area contributed by atoms with Crippen molar-refractivity contribution in [3.05, 3.63) is 53.3 Å². The second-order valence-electron chi connectivity index (χ2n) is 10.8. The normalized spacial score (nSPS) is 20.8. The maximum atomic E-state index is 13.9. The lowest BCUT2D eigenvalue weighted by atomic mass is 9.99. The maximum absolute atomic E-state index is 13.9. The fourth-order valence-corrected chi connectivity index (χ4v) is 7.24. The van der Waals surface area contributed by atoms with E-state index in [0.717, 1.165) is 77.3 Å². The number of nitrogens with zero attached hydrogens (tertiary/aromatic N) is 5. The van der Waals surface area contributed by atoms with Gasteiger partial charge in [0.25, 0.3) is 5.92 Å². The second-order valence-corrected chi connectivity index (χ2v) is 12.3. The maximum Gasteiger partial charge on any atom is 0.266 e. The van der Waals surface area contributed by atoms with Crippen molar-refractivity contribution < 1.29 is 13.0 Å². The number of piperidine rings is 1. The zero-order chi connectivity index (χ0) is 26.4. The molecule has 10 heteroatoms. The van der Waals surface area contributed by atoms with E-state index >= 15 is 0 Å². The number of anilines is 2. The summed E-state index contributed by atoms with van der Waals surface area (Å²) in [7, 11) is 0.738. The van der Waals surface area contributed by atoms with Gasteiger partial charge >= 0.3 is 0 Å². The molecule has 38 heavy (non-hydrogen) atoms. The van der Waals surface area contributed by atoms with Crippen molar-refractivity contribution in [2.24, 2.45) is 0 Å². The lowest BCUT2D eigenvalue weighted by Gasteiger charge is -2.32. The predicted octanol–water partition coefficient (Wildman–Crippen LogP) is 4.05. The molecule has 1 atom stereocenters. The third-order valence-electron chi connectivity index (χ3n) is 8.20. The molecule has 0 saturated carbocycles. The molecule has 6 rings (SSSR count). The van der Waals surface area contributed by atoms with Gasteiger partial charge in [-0.05, 0) is 80.2 Å². The Morgan fingerprint density at radius 3 is 2.66 bits per heavy atom. The van der Waals surface area contributed by atoms with Crippen LogP contribution in [-0.2, 0) is 24.0 Å². The molecule has 7 nitrogen and oxygen atoms in total. The zero-order valence-electron chi connectivity index (χ0n) is 21.9. The molecule has 4 heterocycles. The van der Waals surface area contributed by atoms with Gasteiger partial charge in [-0.15, -0.1) is 0 Å². The molecular formula is C28H34F2N6OS. The number of aromatic nitrogens is 2. The van der Waals surface area contributed by atoms with Crippen LogP contribution in [0.1, 0.15) is 36.0 Å². The Morgan fingerprint density at radius 2 is 1.89 bits per heavy atom. The second kappa shape index (κ2) is 10.1. The van der Waals surface area contributed by atoms with E-state index in [4.69, 9.17) is 0 Å². The van der Waals surface area contributed by atoms with Crippen molar-refractivity contribution >= 4 is 33.4 Å². The zero-order valence-corrected chi connectivity index (χ0v) is 22.7. The summed E-state index contributed by atoms with van der Waals surface area (Å²) in [5.74, 6) is -1.84. The summed E-state index contributed by atoms with van der Waals surface area (Å²) in [5, 5.41) is 4.25.